The van der Waals surface area contributed by atoms with Crippen LogP contribution in [-0.4, -0.2) is 42.8 Å². The van der Waals surface area contributed by atoms with Gasteiger partial charge in [0.25, 0.3) is 10.1 Å². The molecule has 0 spiro atoms. The predicted molar refractivity (Wildman–Crippen MR) is 115 cm³/mol. The van der Waals surface area contributed by atoms with E-state index in [1.807, 2.05) is 37.3 Å². The average Bonchev–Trinajstić information content (AvgIpc) is 2.93. The van der Waals surface area contributed by atoms with Crippen LogP contribution in [0.25, 0.3) is 11.1 Å². The van der Waals surface area contributed by atoms with E-state index in [2.05, 4.69) is 23.1 Å². The summed E-state index contributed by atoms with van der Waals surface area (Å²) in [5.74, 6) is -0.280. The van der Waals surface area contributed by atoms with E-state index in [1.54, 1.807) is 11.8 Å². The van der Waals surface area contributed by atoms with E-state index < -0.39 is 10.1 Å². The number of fused-ring (bicyclic) bond motifs is 4. The van der Waals surface area contributed by atoms with Crippen molar-refractivity contribution in [2.75, 3.05) is 18.8 Å². The average molecular weight is 427 g/mol. The SMILES string of the molecule is CCN1CCC2=C(CC1CS(=O)(=O)O)c1ccccc1Sc1ccc(C#N)cc12. The molecule has 0 aromatic heterocycles. The van der Waals surface area contributed by atoms with Gasteiger partial charge in [0, 0.05) is 22.4 Å². The van der Waals surface area contributed by atoms with Crippen LogP contribution in [0.4, 0.5) is 0 Å². The number of nitriles is 1. The van der Waals surface area contributed by atoms with Gasteiger partial charge in [0.2, 0.25) is 0 Å². The van der Waals surface area contributed by atoms with Gasteiger partial charge in [-0.2, -0.15) is 13.7 Å². The monoisotopic (exact) mass is 426 g/mol. The molecule has 0 aliphatic carbocycles. The van der Waals surface area contributed by atoms with Gasteiger partial charge in [-0.3, -0.25) is 9.45 Å². The van der Waals surface area contributed by atoms with E-state index >= 15 is 0 Å². The Bertz CT molecular complexity index is 1130. The second-order valence-electron chi connectivity index (χ2n) is 7.36. The van der Waals surface area contributed by atoms with Crippen LogP contribution in [0, 0.1) is 11.3 Å². The van der Waals surface area contributed by atoms with Crippen LogP contribution in [0.5, 0.6) is 0 Å². The topological polar surface area (TPSA) is 81.4 Å². The molecule has 2 heterocycles. The predicted octanol–water partition coefficient (Wildman–Crippen LogP) is 4.31. The zero-order valence-corrected chi connectivity index (χ0v) is 17.8. The molecule has 4 rings (SSSR count). The van der Waals surface area contributed by atoms with Gasteiger partial charge in [0.1, 0.15) is 0 Å². The van der Waals surface area contributed by atoms with Crippen molar-refractivity contribution in [2.45, 2.75) is 35.6 Å². The van der Waals surface area contributed by atoms with Gasteiger partial charge in [-0.1, -0.05) is 36.9 Å². The molecule has 0 saturated carbocycles. The van der Waals surface area contributed by atoms with Crippen LogP contribution >= 0.6 is 11.8 Å². The Morgan fingerprint density at radius 3 is 2.66 bits per heavy atom. The molecule has 150 valence electrons. The van der Waals surface area contributed by atoms with Crippen molar-refractivity contribution >= 4 is 33.0 Å². The van der Waals surface area contributed by atoms with Crippen LogP contribution in [0.3, 0.4) is 0 Å². The largest absolute Gasteiger partial charge is 0.299 e. The smallest absolute Gasteiger partial charge is 0.266 e. The molecule has 0 radical (unpaired) electrons. The van der Waals surface area contributed by atoms with Crippen LogP contribution in [0.2, 0.25) is 0 Å². The molecule has 2 aromatic carbocycles. The van der Waals surface area contributed by atoms with E-state index in [0.29, 0.717) is 25.1 Å². The Hall–Kier alpha value is -2.11. The molecule has 2 aliphatic rings. The molecule has 7 heteroatoms. The molecular weight excluding hydrogens is 404 g/mol. The standard InChI is InChI=1S/C22H22N2O3S2/c1-2-24-10-9-17-19(12-16(24)14-29(25,26)27)18-5-3-4-6-21(18)28-22-8-7-15(13-23)11-20(17)22/h3-8,11,16H,2,9-10,12,14H2,1H3,(H,25,26,27). The summed E-state index contributed by atoms with van der Waals surface area (Å²) in [6.45, 7) is 3.43. The number of rotatable bonds is 3. The highest BCUT2D eigenvalue weighted by atomic mass is 32.2. The summed E-state index contributed by atoms with van der Waals surface area (Å²) in [7, 11) is -4.09. The van der Waals surface area contributed by atoms with Crippen molar-refractivity contribution in [3.63, 3.8) is 0 Å². The lowest BCUT2D eigenvalue weighted by molar-refractivity contribution is 0.231. The second kappa shape index (κ2) is 7.96. The van der Waals surface area contributed by atoms with Gasteiger partial charge in [-0.25, -0.2) is 0 Å². The summed E-state index contributed by atoms with van der Waals surface area (Å²) in [6.07, 6.45) is 1.30. The normalized spacial score (nSPS) is 19.4. The van der Waals surface area contributed by atoms with Crippen molar-refractivity contribution in [2.24, 2.45) is 0 Å². The first-order chi connectivity index (χ1) is 13.9. The first-order valence-electron chi connectivity index (χ1n) is 9.62. The van der Waals surface area contributed by atoms with Gasteiger partial charge >= 0.3 is 0 Å². The molecule has 0 saturated heterocycles. The number of hydrogen-bond donors (Lipinski definition) is 1. The minimum Gasteiger partial charge on any atom is -0.299 e. The molecule has 2 aromatic rings. The number of benzene rings is 2. The molecule has 0 amide bonds. The van der Waals surface area contributed by atoms with E-state index in [9.17, 15) is 18.2 Å². The number of nitrogens with zero attached hydrogens (tertiary/aromatic N) is 2. The number of hydrogen-bond acceptors (Lipinski definition) is 5. The molecule has 0 fully saturated rings. The van der Waals surface area contributed by atoms with E-state index in [0.717, 1.165) is 32.9 Å². The van der Waals surface area contributed by atoms with Crippen molar-refractivity contribution < 1.29 is 13.0 Å². The molecule has 0 bridgehead atoms. The fraction of sp³-hybridized carbons (Fsp3) is 0.318. The van der Waals surface area contributed by atoms with E-state index in [4.69, 9.17) is 0 Å². The minimum absolute atomic E-state index is 0.280. The zero-order valence-electron chi connectivity index (χ0n) is 16.1. The highest BCUT2D eigenvalue weighted by molar-refractivity contribution is 7.99. The fourth-order valence-electron chi connectivity index (χ4n) is 4.32. The highest BCUT2D eigenvalue weighted by Crippen LogP contribution is 2.48. The van der Waals surface area contributed by atoms with Crippen molar-refractivity contribution in [3.05, 3.63) is 59.2 Å². The first-order valence-corrected chi connectivity index (χ1v) is 12.0. The second-order valence-corrected chi connectivity index (χ2v) is 9.94. The third-order valence-corrected chi connectivity index (χ3v) is 7.60. The third kappa shape index (κ3) is 4.12. The maximum Gasteiger partial charge on any atom is 0.266 e. The highest BCUT2D eigenvalue weighted by Gasteiger charge is 2.32. The summed E-state index contributed by atoms with van der Waals surface area (Å²) < 4.78 is 32.9. The summed E-state index contributed by atoms with van der Waals surface area (Å²) in [6, 6.07) is 15.9. The van der Waals surface area contributed by atoms with Crippen molar-refractivity contribution in [3.8, 4) is 6.07 Å². The fourth-order valence-corrected chi connectivity index (χ4v) is 6.25. The molecule has 2 aliphatic heterocycles. The summed E-state index contributed by atoms with van der Waals surface area (Å²) in [4.78, 5) is 4.36. The van der Waals surface area contributed by atoms with E-state index in [1.165, 1.54) is 5.57 Å². The van der Waals surface area contributed by atoms with Crippen molar-refractivity contribution in [1.82, 2.24) is 4.90 Å². The first kappa shape index (κ1) is 20.2. The van der Waals surface area contributed by atoms with Gasteiger partial charge in [0.05, 0.1) is 17.4 Å². The lowest BCUT2D eigenvalue weighted by atomic mass is 9.89. The molecular formula is C22H22N2O3S2. The van der Waals surface area contributed by atoms with Crippen LogP contribution in [0.15, 0.2) is 52.3 Å². The maximum absolute atomic E-state index is 11.7. The van der Waals surface area contributed by atoms with Crippen LogP contribution in [0.1, 0.15) is 36.5 Å². The van der Waals surface area contributed by atoms with Crippen LogP contribution in [-0.2, 0) is 10.1 Å². The molecule has 1 unspecified atom stereocenters. The Morgan fingerprint density at radius 1 is 1.17 bits per heavy atom. The maximum atomic E-state index is 11.7. The molecule has 29 heavy (non-hydrogen) atoms. The molecule has 1 atom stereocenters. The van der Waals surface area contributed by atoms with Gasteiger partial charge < -0.3 is 0 Å². The van der Waals surface area contributed by atoms with E-state index in [-0.39, 0.29) is 11.8 Å². The summed E-state index contributed by atoms with van der Waals surface area (Å²) in [5, 5.41) is 9.41. The van der Waals surface area contributed by atoms with Gasteiger partial charge in [-0.15, -0.1) is 0 Å². The van der Waals surface area contributed by atoms with Crippen LogP contribution < -0.4 is 0 Å². The summed E-state index contributed by atoms with van der Waals surface area (Å²) >= 11 is 1.68. The van der Waals surface area contributed by atoms with Gasteiger partial charge in [0.15, 0.2) is 0 Å². The van der Waals surface area contributed by atoms with Gasteiger partial charge in [-0.05, 0) is 65.9 Å². The lowest BCUT2D eigenvalue weighted by Crippen LogP contribution is -2.39. The Morgan fingerprint density at radius 2 is 1.93 bits per heavy atom. The Balaban J connectivity index is 1.92. The minimum atomic E-state index is -4.09. The Kier molecular flexibility index (Phi) is 5.54. The zero-order chi connectivity index (χ0) is 20.6. The lowest BCUT2D eigenvalue weighted by Gasteiger charge is -2.28. The quantitative estimate of drug-likeness (QED) is 0.737. The summed E-state index contributed by atoms with van der Waals surface area (Å²) in [5.41, 5.74) is 5.08. The van der Waals surface area contributed by atoms with Crippen molar-refractivity contribution in [1.29, 1.82) is 5.26 Å². The molecule has 1 N–H and O–H groups in total. The molecule has 5 nitrogen and oxygen atoms in total. The Labute approximate surface area is 175 Å². The third-order valence-electron chi connectivity index (χ3n) is 5.64.